The number of pyridine rings is 1. The Morgan fingerprint density at radius 3 is 2.56 bits per heavy atom. The first kappa shape index (κ1) is 24.7. The summed E-state index contributed by atoms with van der Waals surface area (Å²) in [4.78, 5) is 16.4. The summed E-state index contributed by atoms with van der Waals surface area (Å²) < 4.78 is 41.9. The van der Waals surface area contributed by atoms with Gasteiger partial charge in [0, 0.05) is 23.7 Å². The van der Waals surface area contributed by atoms with E-state index in [1.54, 1.807) is 29.0 Å². The summed E-state index contributed by atoms with van der Waals surface area (Å²) in [5.74, 6) is -0.260. The number of alkyl halides is 2. The van der Waals surface area contributed by atoms with Crippen LogP contribution in [0.1, 0.15) is 40.2 Å². The van der Waals surface area contributed by atoms with E-state index < -0.39 is 12.6 Å². The minimum Gasteiger partial charge on any atom is -0.489 e. The van der Waals surface area contributed by atoms with Crippen molar-refractivity contribution in [3.8, 4) is 11.5 Å². The molecule has 0 radical (unpaired) electrons. The standard InChI is InChI=1S/C24H21Cl2F2NO4S/c25-19-9-29-10-20(26)18(19)7-17(12-32-23(30)16-5-6-34-13-16)15-3-4-21(33-24(27)28)22(8-15)31-11-14-1-2-14/h3-6,8-10,13-14,17,24H,1-2,7,11-12H2. The van der Waals surface area contributed by atoms with E-state index in [0.29, 0.717) is 45.7 Å². The number of esters is 1. The molecule has 180 valence electrons. The molecule has 0 spiro atoms. The Bertz CT molecular complexity index is 1110. The maximum Gasteiger partial charge on any atom is 0.387 e. The van der Waals surface area contributed by atoms with Gasteiger partial charge in [-0.2, -0.15) is 20.1 Å². The number of nitrogens with zero attached hydrogens (tertiary/aromatic N) is 1. The molecule has 2 aromatic heterocycles. The molecule has 0 amide bonds. The average Bonchev–Trinajstić information content (AvgIpc) is 3.47. The van der Waals surface area contributed by atoms with Crippen LogP contribution in [0.3, 0.4) is 0 Å². The lowest BCUT2D eigenvalue weighted by Gasteiger charge is -2.21. The molecule has 1 aliphatic rings. The minimum absolute atomic E-state index is 0.0147. The summed E-state index contributed by atoms with van der Waals surface area (Å²) in [5.41, 5.74) is 1.80. The average molecular weight is 528 g/mol. The quantitative estimate of drug-likeness (QED) is 0.250. The Labute approximate surface area is 209 Å². The lowest BCUT2D eigenvalue weighted by Crippen LogP contribution is -2.16. The zero-order chi connectivity index (χ0) is 24.1. The lowest BCUT2D eigenvalue weighted by atomic mass is 9.92. The number of rotatable bonds is 11. The lowest BCUT2D eigenvalue weighted by molar-refractivity contribution is -0.0515. The summed E-state index contributed by atoms with van der Waals surface area (Å²) in [7, 11) is 0. The summed E-state index contributed by atoms with van der Waals surface area (Å²) >= 11 is 14.0. The first-order chi connectivity index (χ1) is 16.4. The fraction of sp³-hybridized carbons (Fsp3) is 0.333. The van der Waals surface area contributed by atoms with Crippen LogP contribution in [0.4, 0.5) is 8.78 Å². The fourth-order valence-corrected chi connectivity index (χ4v) is 4.51. The molecule has 1 aromatic carbocycles. The predicted octanol–water partition coefficient (Wildman–Crippen LogP) is 7.02. The number of carbonyl (C=O) groups excluding carboxylic acids is 1. The van der Waals surface area contributed by atoms with Gasteiger partial charge in [-0.25, -0.2) is 4.79 Å². The number of halogens is 4. The molecular formula is C24H21Cl2F2NO4S. The second-order valence-electron chi connectivity index (χ2n) is 7.93. The molecule has 0 bridgehead atoms. The first-order valence-electron chi connectivity index (χ1n) is 10.6. The van der Waals surface area contributed by atoms with Gasteiger partial charge in [0.25, 0.3) is 0 Å². The molecule has 1 atom stereocenters. The molecule has 1 unspecified atom stereocenters. The van der Waals surface area contributed by atoms with Crippen LogP contribution >= 0.6 is 34.5 Å². The highest BCUT2D eigenvalue weighted by Gasteiger charge is 2.25. The Morgan fingerprint density at radius 2 is 1.91 bits per heavy atom. The monoisotopic (exact) mass is 527 g/mol. The molecular weight excluding hydrogens is 507 g/mol. The number of hydrogen-bond acceptors (Lipinski definition) is 6. The van der Waals surface area contributed by atoms with Crippen molar-refractivity contribution < 1.29 is 27.8 Å². The van der Waals surface area contributed by atoms with Crippen molar-refractivity contribution in [1.82, 2.24) is 4.98 Å². The van der Waals surface area contributed by atoms with Crippen molar-refractivity contribution in [2.24, 2.45) is 5.92 Å². The second kappa shape index (κ2) is 11.3. The fourth-order valence-electron chi connectivity index (χ4n) is 3.37. The maximum absolute atomic E-state index is 12.9. The van der Waals surface area contributed by atoms with Gasteiger partial charge < -0.3 is 14.2 Å². The van der Waals surface area contributed by atoms with E-state index in [4.69, 9.17) is 32.7 Å². The highest BCUT2D eigenvalue weighted by atomic mass is 35.5. The molecule has 0 saturated heterocycles. The van der Waals surface area contributed by atoms with E-state index in [2.05, 4.69) is 9.72 Å². The zero-order valence-corrected chi connectivity index (χ0v) is 20.2. The number of thiophene rings is 1. The van der Waals surface area contributed by atoms with Gasteiger partial charge >= 0.3 is 12.6 Å². The summed E-state index contributed by atoms with van der Waals surface area (Å²) in [5, 5.41) is 4.25. The van der Waals surface area contributed by atoms with E-state index in [0.717, 1.165) is 12.8 Å². The van der Waals surface area contributed by atoms with Crippen LogP contribution in [-0.4, -0.2) is 30.8 Å². The Hall–Kier alpha value is -2.42. The number of hydrogen-bond donors (Lipinski definition) is 0. The third-order valence-corrected chi connectivity index (χ3v) is 6.74. The van der Waals surface area contributed by atoms with E-state index >= 15 is 0 Å². The van der Waals surface area contributed by atoms with Crippen molar-refractivity contribution in [2.45, 2.75) is 31.8 Å². The second-order valence-corrected chi connectivity index (χ2v) is 9.53. The van der Waals surface area contributed by atoms with Gasteiger partial charge in [-0.15, -0.1) is 0 Å². The van der Waals surface area contributed by atoms with E-state index in [-0.39, 0.29) is 24.0 Å². The van der Waals surface area contributed by atoms with Crippen LogP contribution in [0, 0.1) is 5.92 Å². The summed E-state index contributed by atoms with van der Waals surface area (Å²) in [6, 6.07) is 6.41. The predicted molar refractivity (Wildman–Crippen MR) is 127 cm³/mol. The third-order valence-electron chi connectivity index (χ3n) is 5.40. The molecule has 10 heteroatoms. The minimum atomic E-state index is -2.98. The van der Waals surface area contributed by atoms with Gasteiger partial charge in [0.05, 0.1) is 28.8 Å². The van der Waals surface area contributed by atoms with Crippen molar-refractivity contribution in [2.75, 3.05) is 13.2 Å². The van der Waals surface area contributed by atoms with Gasteiger partial charge in [0.2, 0.25) is 0 Å². The third kappa shape index (κ3) is 6.58. The van der Waals surface area contributed by atoms with Crippen LogP contribution in [0.5, 0.6) is 11.5 Å². The van der Waals surface area contributed by atoms with Crippen molar-refractivity contribution in [3.63, 3.8) is 0 Å². The van der Waals surface area contributed by atoms with Gasteiger partial charge in [-0.05, 0) is 59.9 Å². The molecule has 4 rings (SSSR count). The molecule has 0 aliphatic heterocycles. The molecule has 2 heterocycles. The molecule has 34 heavy (non-hydrogen) atoms. The zero-order valence-electron chi connectivity index (χ0n) is 17.9. The molecule has 5 nitrogen and oxygen atoms in total. The Kier molecular flexibility index (Phi) is 8.24. The van der Waals surface area contributed by atoms with Gasteiger partial charge in [0.15, 0.2) is 11.5 Å². The maximum atomic E-state index is 12.9. The smallest absolute Gasteiger partial charge is 0.387 e. The molecule has 1 fully saturated rings. The first-order valence-corrected chi connectivity index (χ1v) is 12.3. The van der Waals surface area contributed by atoms with Crippen molar-refractivity contribution >= 4 is 40.5 Å². The van der Waals surface area contributed by atoms with Gasteiger partial charge in [0.1, 0.15) is 0 Å². The highest BCUT2D eigenvalue weighted by molar-refractivity contribution is 7.08. The van der Waals surface area contributed by atoms with Crippen molar-refractivity contribution in [1.29, 1.82) is 0 Å². The number of aromatic nitrogens is 1. The summed E-state index contributed by atoms with van der Waals surface area (Å²) in [6.45, 7) is -2.55. The SMILES string of the molecule is O=C(OCC(Cc1c(Cl)cncc1Cl)c1ccc(OC(F)F)c(OCC2CC2)c1)c1ccsc1. The number of ether oxygens (including phenoxy) is 3. The molecule has 0 N–H and O–H groups in total. The Balaban J connectivity index is 1.61. The van der Waals surface area contributed by atoms with Crippen LogP contribution < -0.4 is 9.47 Å². The van der Waals surface area contributed by atoms with E-state index in [1.165, 1.54) is 29.8 Å². The Morgan fingerprint density at radius 1 is 1.15 bits per heavy atom. The van der Waals surface area contributed by atoms with Crippen LogP contribution in [0.15, 0.2) is 47.4 Å². The van der Waals surface area contributed by atoms with Crippen molar-refractivity contribution in [3.05, 3.63) is 74.2 Å². The topological polar surface area (TPSA) is 57.7 Å². The normalized spacial score (nSPS) is 14.1. The largest absolute Gasteiger partial charge is 0.489 e. The summed E-state index contributed by atoms with van der Waals surface area (Å²) in [6.07, 6.45) is 5.39. The van der Waals surface area contributed by atoms with Crippen LogP contribution in [-0.2, 0) is 11.2 Å². The van der Waals surface area contributed by atoms with Gasteiger partial charge in [-0.1, -0.05) is 29.3 Å². The van der Waals surface area contributed by atoms with Crippen LogP contribution in [0.2, 0.25) is 10.0 Å². The van der Waals surface area contributed by atoms with Gasteiger partial charge in [-0.3, -0.25) is 4.98 Å². The molecule has 1 aliphatic carbocycles. The molecule has 3 aromatic rings. The van der Waals surface area contributed by atoms with E-state index in [9.17, 15) is 13.6 Å². The molecule has 1 saturated carbocycles. The van der Waals surface area contributed by atoms with Crippen LogP contribution in [0.25, 0.3) is 0 Å². The number of carbonyl (C=O) groups is 1. The number of benzene rings is 1. The highest BCUT2D eigenvalue weighted by Crippen LogP contribution is 2.37. The van der Waals surface area contributed by atoms with E-state index in [1.807, 2.05) is 0 Å².